The van der Waals surface area contributed by atoms with E-state index in [9.17, 15) is 35.9 Å². The van der Waals surface area contributed by atoms with Crippen LogP contribution in [0.1, 0.15) is 11.1 Å². The Balaban J connectivity index is 2.15. The van der Waals surface area contributed by atoms with Gasteiger partial charge in [0.2, 0.25) is 6.10 Å². The maximum atomic E-state index is 13.6. The van der Waals surface area contributed by atoms with Crippen LogP contribution < -0.4 is 10.5 Å². The third kappa shape index (κ3) is 4.67. The molecule has 0 radical (unpaired) electrons. The molecule has 0 saturated carbocycles. The summed E-state index contributed by atoms with van der Waals surface area (Å²) in [5.74, 6) is -5.45. The molecule has 0 aliphatic carbocycles. The van der Waals surface area contributed by atoms with Crippen LogP contribution in [0.3, 0.4) is 0 Å². The molecule has 0 fully saturated rings. The van der Waals surface area contributed by atoms with Gasteiger partial charge in [0.25, 0.3) is 0 Å². The van der Waals surface area contributed by atoms with Crippen molar-refractivity contribution in [2.45, 2.75) is 25.4 Å². The van der Waals surface area contributed by atoms with E-state index in [-0.39, 0.29) is 21.9 Å². The Hall–Kier alpha value is -3.21. The molecule has 0 aromatic heterocycles. The lowest BCUT2D eigenvalue weighted by Gasteiger charge is -2.29. The van der Waals surface area contributed by atoms with Crippen molar-refractivity contribution in [1.82, 2.24) is 0 Å². The lowest BCUT2D eigenvalue weighted by atomic mass is 9.95. The van der Waals surface area contributed by atoms with E-state index in [0.717, 1.165) is 6.07 Å². The molecule has 12 heteroatoms. The van der Waals surface area contributed by atoms with Crippen molar-refractivity contribution < 1.29 is 45.4 Å². The molecular weight excluding hydrogens is 468 g/mol. The largest absolute Gasteiger partial charge is 0.491 e. The summed E-state index contributed by atoms with van der Waals surface area (Å²) < 4.78 is 86.6. The third-order valence-electron chi connectivity index (χ3n) is 4.45. The molecule has 32 heavy (non-hydrogen) atoms. The maximum absolute atomic E-state index is 13.6. The highest BCUT2D eigenvalue weighted by atomic mass is 35.5. The smallest absolute Gasteiger partial charge is 0.475 e. The summed E-state index contributed by atoms with van der Waals surface area (Å²) in [5.41, 5.74) is 5.86. The first-order valence-corrected chi connectivity index (χ1v) is 9.04. The van der Waals surface area contributed by atoms with Crippen LogP contribution in [-0.4, -0.2) is 30.4 Å². The van der Waals surface area contributed by atoms with Gasteiger partial charge in [-0.25, -0.2) is 9.59 Å². The molecule has 1 unspecified atom stereocenters. The molecule has 0 saturated heterocycles. The van der Waals surface area contributed by atoms with Gasteiger partial charge in [0.15, 0.2) is 0 Å². The monoisotopic (exact) mass is 479 g/mol. The summed E-state index contributed by atoms with van der Waals surface area (Å²) in [6, 6.07) is 7.09. The van der Waals surface area contributed by atoms with Gasteiger partial charge >= 0.3 is 24.3 Å². The van der Waals surface area contributed by atoms with Crippen molar-refractivity contribution in [1.29, 1.82) is 0 Å². The number of carbonyl (C=O) groups is 2. The number of carbonyl (C=O) groups excluding carboxylic acids is 2. The number of fused-ring (bicyclic) bond motifs is 1. The maximum Gasteiger partial charge on any atom is 0.491 e. The fourth-order valence-corrected chi connectivity index (χ4v) is 3.14. The Bertz CT molecular complexity index is 1140. The summed E-state index contributed by atoms with van der Waals surface area (Å²) >= 11 is 6.04. The van der Waals surface area contributed by atoms with Gasteiger partial charge in [-0.3, -0.25) is 0 Å². The van der Waals surface area contributed by atoms with E-state index < -0.39 is 36.0 Å². The highest BCUT2D eigenvalue weighted by molar-refractivity contribution is 6.31. The van der Waals surface area contributed by atoms with Crippen LogP contribution in [0, 0.1) is 6.92 Å². The number of rotatable bonds is 2. The quantitative estimate of drug-likeness (QED) is 0.276. The molecule has 0 amide bonds. The summed E-state index contributed by atoms with van der Waals surface area (Å²) in [5, 5.41) is 0.0299. The number of hydrogen-bond donors (Lipinski definition) is 1. The first-order valence-electron chi connectivity index (χ1n) is 8.67. The SMILES string of the molecule is Cc1ccc(-c2cc(Cl)cc3c2OC(C(F)(F)F)C(C(=O)OC(=O)C(F)(F)F)=C3)cc1N. The van der Waals surface area contributed by atoms with Crippen LogP contribution in [0.15, 0.2) is 35.9 Å². The predicted octanol–water partition coefficient (Wildman–Crippen LogP) is 5.24. The Labute approximate surface area is 181 Å². The predicted molar refractivity (Wildman–Crippen MR) is 102 cm³/mol. The molecule has 5 nitrogen and oxygen atoms in total. The van der Waals surface area contributed by atoms with Crippen LogP contribution in [0.25, 0.3) is 17.2 Å². The van der Waals surface area contributed by atoms with Crippen molar-refractivity contribution in [3.63, 3.8) is 0 Å². The first-order chi connectivity index (χ1) is 14.7. The fraction of sp³-hybridized carbons (Fsp3) is 0.200. The Morgan fingerprint density at radius 1 is 1.09 bits per heavy atom. The van der Waals surface area contributed by atoms with Gasteiger partial charge in [-0.1, -0.05) is 23.7 Å². The van der Waals surface area contributed by atoms with Crippen LogP contribution in [0.2, 0.25) is 5.02 Å². The highest BCUT2D eigenvalue weighted by Gasteiger charge is 2.51. The van der Waals surface area contributed by atoms with Crippen molar-refractivity contribution in [3.05, 3.63) is 52.1 Å². The summed E-state index contributed by atoms with van der Waals surface area (Å²) in [4.78, 5) is 22.9. The zero-order valence-electron chi connectivity index (χ0n) is 15.9. The van der Waals surface area contributed by atoms with Gasteiger partial charge in [-0.05, 0) is 42.3 Å². The molecule has 1 aliphatic heterocycles. The van der Waals surface area contributed by atoms with Crippen LogP contribution in [0.4, 0.5) is 32.0 Å². The minimum atomic E-state index is -5.58. The highest BCUT2D eigenvalue weighted by Crippen LogP contribution is 2.44. The number of hydrogen-bond acceptors (Lipinski definition) is 5. The number of nitrogens with two attached hydrogens (primary N) is 1. The third-order valence-corrected chi connectivity index (χ3v) is 4.67. The fourth-order valence-electron chi connectivity index (χ4n) is 2.91. The number of nitrogen functional groups attached to an aromatic ring is 1. The van der Waals surface area contributed by atoms with Crippen LogP contribution in [0.5, 0.6) is 5.75 Å². The Morgan fingerprint density at radius 3 is 2.31 bits per heavy atom. The summed E-state index contributed by atoms with van der Waals surface area (Å²) in [6.07, 6.45) is -13.2. The van der Waals surface area contributed by atoms with Crippen LogP contribution in [-0.2, 0) is 14.3 Å². The van der Waals surface area contributed by atoms with Crippen molar-refractivity contribution in [3.8, 4) is 16.9 Å². The minimum absolute atomic E-state index is 0.0299. The molecule has 1 heterocycles. The molecule has 0 bridgehead atoms. The minimum Gasteiger partial charge on any atom is -0.475 e. The van der Waals surface area contributed by atoms with Gasteiger partial charge in [0, 0.05) is 21.8 Å². The second-order valence-corrected chi connectivity index (χ2v) is 7.19. The Kier molecular flexibility index (Phi) is 5.90. The zero-order valence-corrected chi connectivity index (χ0v) is 16.7. The van der Waals surface area contributed by atoms with E-state index >= 15 is 0 Å². The standard InChI is InChI=1S/C20H12ClF6NO4/c1-8-2-3-9(6-14(8)28)12-7-11(21)4-10-5-13(16(19(22,23)24)31-15(10)12)17(29)32-18(30)20(25,26)27/h2-7,16H,28H2,1H3. The molecular formula is C20H12ClF6NO4. The number of halogens is 7. The summed E-state index contributed by atoms with van der Waals surface area (Å²) in [6.45, 7) is 1.71. The van der Waals surface area contributed by atoms with E-state index in [1.165, 1.54) is 12.1 Å². The van der Waals surface area contributed by atoms with E-state index in [1.54, 1.807) is 19.1 Å². The average Bonchev–Trinajstić information content (AvgIpc) is 2.66. The normalized spacial score (nSPS) is 16.0. The molecule has 2 N–H and O–H groups in total. The first kappa shape index (κ1) is 23.5. The van der Waals surface area contributed by atoms with Crippen LogP contribution >= 0.6 is 11.6 Å². The average molecular weight is 480 g/mol. The number of benzene rings is 2. The van der Waals surface area contributed by atoms with Gasteiger partial charge in [-0.2, -0.15) is 26.3 Å². The topological polar surface area (TPSA) is 78.6 Å². The number of alkyl halides is 6. The van der Waals surface area contributed by atoms with E-state index in [1.807, 2.05) is 0 Å². The van der Waals surface area contributed by atoms with E-state index in [2.05, 4.69) is 4.74 Å². The van der Waals surface area contributed by atoms with E-state index in [0.29, 0.717) is 22.9 Å². The van der Waals surface area contributed by atoms with Crippen molar-refractivity contribution in [2.75, 3.05) is 5.73 Å². The molecule has 3 rings (SSSR count). The molecule has 2 aromatic rings. The number of anilines is 1. The molecule has 170 valence electrons. The zero-order chi connectivity index (χ0) is 24.0. The van der Waals surface area contributed by atoms with Gasteiger partial charge in [0.05, 0.1) is 5.57 Å². The number of aryl methyl sites for hydroxylation is 1. The van der Waals surface area contributed by atoms with Gasteiger partial charge < -0.3 is 15.2 Å². The number of esters is 2. The molecule has 1 aliphatic rings. The van der Waals surface area contributed by atoms with Gasteiger partial charge in [-0.15, -0.1) is 0 Å². The van der Waals surface area contributed by atoms with E-state index in [4.69, 9.17) is 22.1 Å². The van der Waals surface area contributed by atoms with Gasteiger partial charge in [0.1, 0.15) is 5.75 Å². The molecule has 0 spiro atoms. The lowest BCUT2D eigenvalue weighted by molar-refractivity contribution is -0.204. The summed E-state index contributed by atoms with van der Waals surface area (Å²) in [7, 11) is 0. The lowest BCUT2D eigenvalue weighted by Crippen LogP contribution is -2.42. The number of ether oxygens (including phenoxy) is 2. The second-order valence-electron chi connectivity index (χ2n) is 6.76. The Morgan fingerprint density at radius 2 is 1.75 bits per heavy atom. The van der Waals surface area contributed by atoms with Crippen molar-refractivity contribution in [2.24, 2.45) is 0 Å². The van der Waals surface area contributed by atoms with Crippen molar-refractivity contribution >= 4 is 35.3 Å². The second kappa shape index (κ2) is 8.05. The molecule has 2 aromatic carbocycles. The molecule has 1 atom stereocenters.